The summed E-state index contributed by atoms with van der Waals surface area (Å²) < 4.78 is 5.60. The lowest BCUT2D eigenvalue weighted by Gasteiger charge is -2.22. The Hall–Kier alpha value is -2.76. The number of hydrogen-bond acceptors (Lipinski definition) is 5. The highest BCUT2D eigenvalue weighted by atomic mass is 16.5. The smallest absolute Gasteiger partial charge is 0.161 e. The minimum Gasteiger partial charge on any atom is -0.389 e. The van der Waals surface area contributed by atoms with E-state index in [4.69, 9.17) is 4.74 Å². The minimum atomic E-state index is -0.598. The van der Waals surface area contributed by atoms with Gasteiger partial charge in [-0.25, -0.2) is 9.97 Å². The molecular formula is C21H23N3O2. The van der Waals surface area contributed by atoms with Gasteiger partial charge in [-0.1, -0.05) is 60.7 Å². The van der Waals surface area contributed by atoms with Gasteiger partial charge in [-0.2, -0.15) is 0 Å². The quantitative estimate of drug-likeness (QED) is 0.677. The van der Waals surface area contributed by atoms with E-state index in [0.717, 1.165) is 16.9 Å². The van der Waals surface area contributed by atoms with Crippen LogP contribution in [-0.4, -0.2) is 41.4 Å². The van der Waals surface area contributed by atoms with Gasteiger partial charge in [-0.05, 0) is 11.6 Å². The number of nitrogens with zero attached hydrogens (tertiary/aromatic N) is 3. The van der Waals surface area contributed by atoms with Gasteiger partial charge in [0.2, 0.25) is 0 Å². The van der Waals surface area contributed by atoms with Crippen molar-refractivity contribution in [1.82, 2.24) is 9.97 Å². The molecule has 1 aromatic heterocycles. The average Bonchev–Trinajstić information content (AvgIpc) is 2.69. The van der Waals surface area contributed by atoms with E-state index < -0.39 is 6.10 Å². The normalized spacial score (nSPS) is 11.9. The van der Waals surface area contributed by atoms with Crippen molar-refractivity contribution in [3.05, 3.63) is 78.5 Å². The molecule has 0 fully saturated rings. The molecule has 1 N–H and O–H groups in total. The molecule has 0 aliphatic carbocycles. The first-order valence-corrected chi connectivity index (χ1v) is 8.62. The van der Waals surface area contributed by atoms with Crippen molar-refractivity contribution >= 4 is 5.82 Å². The van der Waals surface area contributed by atoms with Gasteiger partial charge in [-0.15, -0.1) is 0 Å². The van der Waals surface area contributed by atoms with Crippen LogP contribution in [0, 0.1) is 0 Å². The number of hydrogen-bond donors (Lipinski definition) is 1. The summed E-state index contributed by atoms with van der Waals surface area (Å²) in [6, 6.07) is 21.6. The maximum atomic E-state index is 10.2. The highest BCUT2D eigenvalue weighted by molar-refractivity contribution is 5.56. The van der Waals surface area contributed by atoms with Crippen molar-refractivity contribution < 1.29 is 9.84 Å². The third-order valence-electron chi connectivity index (χ3n) is 3.97. The molecule has 0 saturated heterocycles. The van der Waals surface area contributed by atoms with Crippen LogP contribution in [-0.2, 0) is 11.3 Å². The highest BCUT2D eigenvalue weighted by Crippen LogP contribution is 2.17. The fourth-order valence-corrected chi connectivity index (χ4v) is 2.64. The Morgan fingerprint density at radius 2 is 1.69 bits per heavy atom. The van der Waals surface area contributed by atoms with Crippen molar-refractivity contribution in [2.75, 3.05) is 25.1 Å². The maximum absolute atomic E-state index is 10.2. The fourth-order valence-electron chi connectivity index (χ4n) is 2.64. The molecule has 26 heavy (non-hydrogen) atoms. The molecule has 0 amide bonds. The summed E-state index contributed by atoms with van der Waals surface area (Å²) in [5.74, 6) is 1.44. The predicted octanol–water partition coefficient (Wildman–Crippen LogP) is 3.16. The summed E-state index contributed by atoms with van der Waals surface area (Å²) in [6.45, 7) is 1.20. The van der Waals surface area contributed by atoms with Crippen molar-refractivity contribution in [1.29, 1.82) is 0 Å². The topological polar surface area (TPSA) is 58.5 Å². The third kappa shape index (κ3) is 5.12. The van der Waals surface area contributed by atoms with Gasteiger partial charge in [-0.3, -0.25) is 0 Å². The van der Waals surface area contributed by atoms with Gasteiger partial charge < -0.3 is 14.7 Å². The number of anilines is 1. The van der Waals surface area contributed by atoms with E-state index in [1.807, 2.05) is 78.7 Å². The standard InChI is InChI=1S/C21H23N3O2/c1-24(14-19(25)16-26-15-17-8-4-2-5-9-17)20-12-13-22-21(23-20)18-10-6-3-7-11-18/h2-13,19,25H,14-16H2,1H3. The van der Waals surface area contributed by atoms with E-state index in [0.29, 0.717) is 19.0 Å². The number of aromatic nitrogens is 2. The van der Waals surface area contributed by atoms with E-state index in [9.17, 15) is 5.11 Å². The zero-order valence-electron chi connectivity index (χ0n) is 14.8. The summed E-state index contributed by atoms with van der Waals surface area (Å²) in [6.07, 6.45) is 1.14. The molecule has 1 heterocycles. The number of aliphatic hydroxyl groups is 1. The number of rotatable bonds is 8. The second-order valence-electron chi connectivity index (χ2n) is 6.14. The second-order valence-corrected chi connectivity index (χ2v) is 6.14. The minimum absolute atomic E-state index is 0.274. The first kappa shape index (κ1) is 18.0. The Bertz CT molecular complexity index is 797. The van der Waals surface area contributed by atoms with Crippen LogP contribution in [0.2, 0.25) is 0 Å². The van der Waals surface area contributed by atoms with Gasteiger partial charge in [0.15, 0.2) is 5.82 Å². The lowest BCUT2D eigenvalue weighted by Crippen LogP contribution is -2.32. The summed E-state index contributed by atoms with van der Waals surface area (Å²) in [4.78, 5) is 10.8. The molecule has 2 aromatic carbocycles. The predicted molar refractivity (Wildman–Crippen MR) is 103 cm³/mol. The molecule has 5 nitrogen and oxygen atoms in total. The van der Waals surface area contributed by atoms with Crippen molar-refractivity contribution in [3.8, 4) is 11.4 Å². The summed E-state index contributed by atoms with van der Waals surface area (Å²) >= 11 is 0. The zero-order valence-corrected chi connectivity index (χ0v) is 14.8. The number of benzene rings is 2. The molecule has 134 valence electrons. The third-order valence-corrected chi connectivity index (χ3v) is 3.97. The van der Waals surface area contributed by atoms with Crippen LogP contribution in [0.3, 0.4) is 0 Å². The molecular weight excluding hydrogens is 326 g/mol. The summed E-state index contributed by atoms with van der Waals surface area (Å²) in [5, 5.41) is 10.2. The van der Waals surface area contributed by atoms with E-state index in [2.05, 4.69) is 9.97 Å². The molecule has 3 rings (SSSR count). The molecule has 0 aliphatic rings. The van der Waals surface area contributed by atoms with Crippen LogP contribution in [0.1, 0.15) is 5.56 Å². The maximum Gasteiger partial charge on any atom is 0.161 e. The first-order chi connectivity index (χ1) is 12.7. The first-order valence-electron chi connectivity index (χ1n) is 8.62. The Morgan fingerprint density at radius 1 is 1.00 bits per heavy atom. The average molecular weight is 349 g/mol. The highest BCUT2D eigenvalue weighted by Gasteiger charge is 2.11. The largest absolute Gasteiger partial charge is 0.389 e. The molecule has 1 atom stereocenters. The van der Waals surface area contributed by atoms with E-state index in [1.54, 1.807) is 6.20 Å². The van der Waals surface area contributed by atoms with Crippen LogP contribution in [0.4, 0.5) is 5.82 Å². The molecule has 0 spiro atoms. The molecule has 0 bridgehead atoms. The lowest BCUT2D eigenvalue weighted by molar-refractivity contribution is 0.0324. The zero-order chi connectivity index (χ0) is 18.2. The Morgan fingerprint density at radius 3 is 2.42 bits per heavy atom. The van der Waals surface area contributed by atoms with Crippen LogP contribution < -0.4 is 4.90 Å². The van der Waals surface area contributed by atoms with E-state index in [1.165, 1.54) is 0 Å². The Kier molecular flexibility index (Phi) is 6.30. The lowest BCUT2D eigenvalue weighted by atomic mass is 10.2. The van der Waals surface area contributed by atoms with Crippen molar-refractivity contribution in [3.63, 3.8) is 0 Å². The van der Waals surface area contributed by atoms with Gasteiger partial charge in [0.1, 0.15) is 5.82 Å². The van der Waals surface area contributed by atoms with Crippen molar-refractivity contribution in [2.24, 2.45) is 0 Å². The van der Waals surface area contributed by atoms with Gasteiger partial charge in [0.25, 0.3) is 0 Å². The van der Waals surface area contributed by atoms with Gasteiger partial charge >= 0.3 is 0 Å². The monoisotopic (exact) mass is 349 g/mol. The van der Waals surface area contributed by atoms with Crippen LogP contribution in [0.15, 0.2) is 72.9 Å². The van der Waals surface area contributed by atoms with Crippen LogP contribution >= 0.6 is 0 Å². The fraction of sp³-hybridized carbons (Fsp3) is 0.238. The molecule has 3 aromatic rings. The van der Waals surface area contributed by atoms with E-state index >= 15 is 0 Å². The molecule has 5 heteroatoms. The number of ether oxygens (including phenoxy) is 1. The van der Waals surface area contributed by atoms with Crippen LogP contribution in [0.25, 0.3) is 11.4 Å². The molecule has 0 saturated carbocycles. The molecule has 0 aliphatic heterocycles. The van der Waals surface area contributed by atoms with Crippen molar-refractivity contribution in [2.45, 2.75) is 12.7 Å². The number of likely N-dealkylation sites (N-methyl/N-ethyl adjacent to an activating group) is 1. The van der Waals surface area contributed by atoms with Gasteiger partial charge in [0, 0.05) is 25.4 Å². The van der Waals surface area contributed by atoms with Gasteiger partial charge in [0.05, 0.1) is 19.3 Å². The van der Waals surface area contributed by atoms with E-state index in [-0.39, 0.29) is 6.61 Å². The second kappa shape index (κ2) is 9.08. The molecule has 1 unspecified atom stereocenters. The summed E-state index contributed by atoms with van der Waals surface area (Å²) in [7, 11) is 1.90. The Labute approximate surface area is 153 Å². The SMILES string of the molecule is CN(CC(O)COCc1ccccc1)c1ccnc(-c2ccccc2)n1. The summed E-state index contributed by atoms with van der Waals surface area (Å²) in [5.41, 5.74) is 2.06. The Balaban J connectivity index is 1.53. The molecule has 0 radical (unpaired) electrons. The van der Waals surface area contributed by atoms with Crippen LogP contribution in [0.5, 0.6) is 0 Å². The number of aliphatic hydroxyl groups excluding tert-OH is 1.